The second kappa shape index (κ2) is 6.64. The first-order valence-electron chi connectivity index (χ1n) is 5.20. The smallest absolute Gasteiger partial charge is 0.104 e. The fourth-order valence-electron chi connectivity index (χ4n) is 1.83. The Morgan fingerprint density at radius 3 is 2.93 bits per heavy atom. The number of hydrogen-bond acceptors (Lipinski definition) is 2. The summed E-state index contributed by atoms with van der Waals surface area (Å²) in [7, 11) is 0. The fraction of sp³-hybridized carbons (Fsp3) is 0.667. The highest BCUT2D eigenvalue weighted by molar-refractivity contribution is 5.07. The topological polar surface area (TPSA) is 29.5 Å². The van der Waals surface area contributed by atoms with E-state index >= 15 is 0 Å². The Morgan fingerprint density at radius 2 is 2.21 bits per heavy atom. The molecule has 1 N–H and O–H groups in total. The van der Waals surface area contributed by atoms with Crippen LogP contribution in [-0.4, -0.2) is 24.4 Å². The molecule has 0 aliphatic heterocycles. The van der Waals surface area contributed by atoms with E-state index in [4.69, 9.17) is 9.84 Å². The van der Waals surface area contributed by atoms with Crippen LogP contribution in [0, 0.1) is 17.8 Å². The number of rotatable bonds is 3. The van der Waals surface area contributed by atoms with Crippen molar-refractivity contribution in [3.63, 3.8) is 0 Å². The van der Waals surface area contributed by atoms with Crippen molar-refractivity contribution in [1.29, 1.82) is 0 Å². The Labute approximate surface area is 86.0 Å². The van der Waals surface area contributed by atoms with Gasteiger partial charge in [-0.15, -0.1) is 6.58 Å². The van der Waals surface area contributed by atoms with Crippen LogP contribution in [0.4, 0.5) is 0 Å². The lowest BCUT2D eigenvalue weighted by Crippen LogP contribution is -2.26. The summed E-state index contributed by atoms with van der Waals surface area (Å²) >= 11 is 0. The summed E-state index contributed by atoms with van der Waals surface area (Å²) in [6.07, 6.45) is 6.62. The molecule has 78 valence electrons. The van der Waals surface area contributed by atoms with Crippen LogP contribution in [-0.2, 0) is 4.74 Å². The normalized spacial score (nSPS) is 26.4. The van der Waals surface area contributed by atoms with Gasteiger partial charge in [0.1, 0.15) is 6.61 Å². The maximum Gasteiger partial charge on any atom is 0.104 e. The first-order chi connectivity index (χ1) is 6.88. The summed E-state index contributed by atoms with van der Waals surface area (Å²) in [5.74, 6) is 6.10. The van der Waals surface area contributed by atoms with Crippen molar-refractivity contribution in [3.05, 3.63) is 12.7 Å². The SMILES string of the molecule is C=CCOC1CCCCC1C#CCO. The summed E-state index contributed by atoms with van der Waals surface area (Å²) in [6.45, 7) is 4.18. The van der Waals surface area contributed by atoms with Crippen LogP contribution < -0.4 is 0 Å². The molecule has 0 heterocycles. The number of ether oxygens (including phenoxy) is 1. The van der Waals surface area contributed by atoms with Crippen molar-refractivity contribution in [2.45, 2.75) is 31.8 Å². The molecule has 14 heavy (non-hydrogen) atoms. The second-order valence-electron chi connectivity index (χ2n) is 3.53. The molecule has 2 nitrogen and oxygen atoms in total. The van der Waals surface area contributed by atoms with E-state index in [0.29, 0.717) is 12.5 Å². The first-order valence-corrected chi connectivity index (χ1v) is 5.20. The molecular weight excluding hydrogens is 176 g/mol. The van der Waals surface area contributed by atoms with Crippen molar-refractivity contribution in [2.24, 2.45) is 5.92 Å². The molecular formula is C12H18O2. The highest BCUT2D eigenvalue weighted by Crippen LogP contribution is 2.26. The van der Waals surface area contributed by atoms with Gasteiger partial charge in [0.2, 0.25) is 0 Å². The zero-order valence-electron chi connectivity index (χ0n) is 8.54. The minimum Gasteiger partial charge on any atom is -0.384 e. The number of hydrogen-bond donors (Lipinski definition) is 1. The first kappa shape index (κ1) is 11.3. The molecule has 1 saturated carbocycles. The molecule has 1 aliphatic rings. The Bertz CT molecular complexity index is 224. The molecule has 2 unspecified atom stereocenters. The van der Waals surface area contributed by atoms with Crippen molar-refractivity contribution >= 4 is 0 Å². The summed E-state index contributed by atoms with van der Waals surface area (Å²) in [5, 5.41) is 8.63. The predicted molar refractivity (Wildman–Crippen MR) is 56.8 cm³/mol. The van der Waals surface area contributed by atoms with Gasteiger partial charge in [-0.25, -0.2) is 0 Å². The van der Waals surface area contributed by atoms with Gasteiger partial charge >= 0.3 is 0 Å². The molecule has 0 amide bonds. The van der Waals surface area contributed by atoms with Crippen LogP contribution >= 0.6 is 0 Å². The Morgan fingerprint density at radius 1 is 1.43 bits per heavy atom. The minimum atomic E-state index is -0.0509. The van der Waals surface area contributed by atoms with Crippen molar-refractivity contribution in [2.75, 3.05) is 13.2 Å². The van der Waals surface area contributed by atoms with E-state index < -0.39 is 0 Å². The van der Waals surface area contributed by atoms with Crippen LogP contribution in [0.3, 0.4) is 0 Å². The van der Waals surface area contributed by atoms with Crippen molar-refractivity contribution < 1.29 is 9.84 Å². The average molecular weight is 194 g/mol. The monoisotopic (exact) mass is 194 g/mol. The third-order valence-electron chi connectivity index (χ3n) is 2.50. The number of aliphatic hydroxyl groups excluding tert-OH is 1. The molecule has 1 fully saturated rings. The second-order valence-corrected chi connectivity index (χ2v) is 3.53. The lowest BCUT2D eigenvalue weighted by Gasteiger charge is -2.27. The maximum absolute atomic E-state index is 8.63. The van der Waals surface area contributed by atoms with Crippen molar-refractivity contribution in [1.82, 2.24) is 0 Å². The van der Waals surface area contributed by atoms with Gasteiger partial charge < -0.3 is 9.84 Å². The van der Waals surface area contributed by atoms with Crippen LogP contribution in [0.15, 0.2) is 12.7 Å². The van der Waals surface area contributed by atoms with E-state index in [1.54, 1.807) is 6.08 Å². The quantitative estimate of drug-likeness (QED) is 0.548. The van der Waals surface area contributed by atoms with Gasteiger partial charge in [0.25, 0.3) is 0 Å². The van der Waals surface area contributed by atoms with E-state index in [9.17, 15) is 0 Å². The molecule has 0 aromatic heterocycles. The molecule has 0 radical (unpaired) electrons. The van der Waals surface area contributed by atoms with E-state index in [-0.39, 0.29) is 12.7 Å². The van der Waals surface area contributed by atoms with Crippen LogP contribution in [0.5, 0.6) is 0 Å². The molecule has 1 rings (SSSR count). The van der Waals surface area contributed by atoms with Gasteiger partial charge in [-0.1, -0.05) is 30.8 Å². The maximum atomic E-state index is 8.63. The van der Waals surface area contributed by atoms with E-state index in [0.717, 1.165) is 12.8 Å². The molecule has 0 spiro atoms. The highest BCUT2D eigenvalue weighted by Gasteiger charge is 2.23. The summed E-state index contributed by atoms with van der Waals surface area (Å²) in [6, 6.07) is 0. The van der Waals surface area contributed by atoms with Gasteiger partial charge in [0.05, 0.1) is 12.7 Å². The van der Waals surface area contributed by atoms with Gasteiger partial charge in [-0.05, 0) is 12.8 Å². The van der Waals surface area contributed by atoms with E-state index in [1.807, 2.05) is 0 Å². The standard InChI is InChI=1S/C12H18O2/c1-2-10-14-12-8-4-3-6-11(12)7-5-9-13/h2,11-13H,1,3-4,6,8-10H2. The fourth-order valence-corrected chi connectivity index (χ4v) is 1.83. The average Bonchev–Trinajstić information content (AvgIpc) is 2.24. The largest absolute Gasteiger partial charge is 0.384 e. The predicted octanol–water partition coefficient (Wildman–Crippen LogP) is 1.74. The third kappa shape index (κ3) is 3.53. The lowest BCUT2D eigenvalue weighted by atomic mass is 9.87. The Balaban J connectivity index is 2.45. The van der Waals surface area contributed by atoms with E-state index in [1.165, 1.54) is 12.8 Å². The summed E-state index contributed by atoms with van der Waals surface area (Å²) in [5.41, 5.74) is 0. The van der Waals surface area contributed by atoms with E-state index in [2.05, 4.69) is 18.4 Å². The van der Waals surface area contributed by atoms with Crippen molar-refractivity contribution in [3.8, 4) is 11.8 Å². The minimum absolute atomic E-state index is 0.0509. The molecule has 0 aromatic rings. The molecule has 2 atom stereocenters. The molecule has 1 aliphatic carbocycles. The van der Waals surface area contributed by atoms with Gasteiger partial charge in [0, 0.05) is 5.92 Å². The van der Waals surface area contributed by atoms with Gasteiger partial charge in [-0.2, -0.15) is 0 Å². The molecule has 0 saturated heterocycles. The lowest BCUT2D eigenvalue weighted by molar-refractivity contribution is 0.0228. The molecule has 0 aromatic carbocycles. The Hall–Kier alpha value is -0.780. The van der Waals surface area contributed by atoms with Crippen LogP contribution in [0.25, 0.3) is 0 Å². The molecule has 0 bridgehead atoms. The van der Waals surface area contributed by atoms with Crippen LogP contribution in [0.2, 0.25) is 0 Å². The third-order valence-corrected chi connectivity index (χ3v) is 2.50. The Kier molecular flexibility index (Phi) is 5.36. The highest BCUT2D eigenvalue weighted by atomic mass is 16.5. The van der Waals surface area contributed by atoms with Crippen LogP contribution in [0.1, 0.15) is 25.7 Å². The zero-order valence-corrected chi connectivity index (χ0v) is 8.54. The summed E-state index contributed by atoms with van der Waals surface area (Å²) < 4.78 is 5.64. The van der Waals surface area contributed by atoms with Gasteiger partial charge in [-0.3, -0.25) is 0 Å². The number of aliphatic hydroxyl groups is 1. The summed E-state index contributed by atoms with van der Waals surface area (Å²) in [4.78, 5) is 0. The van der Waals surface area contributed by atoms with Gasteiger partial charge in [0.15, 0.2) is 0 Å². The molecule has 2 heteroatoms. The zero-order chi connectivity index (χ0) is 10.2.